The second-order valence-electron chi connectivity index (χ2n) is 9.21. The molecule has 0 unspecified atom stereocenters. The molecule has 1 aliphatic heterocycles. The Bertz CT molecular complexity index is 1440. The zero-order chi connectivity index (χ0) is 26.8. The van der Waals surface area contributed by atoms with Crippen LogP contribution in [0, 0.1) is 5.82 Å². The summed E-state index contributed by atoms with van der Waals surface area (Å²) in [5, 5.41) is 0.340. The van der Waals surface area contributed by atoms with Gasteiger partial charge in [0.25, 0.3) is 0 Å². The van der Waals surface area contributed by atoms with Crippen molar-refractivity contribution in [2.75, 3.05) is 13.1 Å². The van der Waals surface area contributed by atoms with Crippen LogP contribution in [0.4, 0.5) is 13.2 Å². The van der Waals surface area contributed by atoms with Gasteiger partial charge in [0.15, 0.2) is 5.75 Å². The van der Waals surface area contributed by atoms with E-state index in [1.165, 1.54) is 12.1 Å². The molecule has 38 heavy (non-hydrogen) atoms. The van der Waals surface area contributed by atoms with Crippen LogP contribution >= 0.6 is 27.5 Å². The number of imidazole rings is 1. The number of benzene rings is 2. The summed E-state index contributed by atoms with van der Waals surface area (Å²) in [6.07, 6.45) is 1.80. The zero-order valence-electron chi connectivity index (χ0n) is 20.5. The number of ether oxygens (including phenoxy) is 2. The summed E-state index contributed by atoms with van der Waals surface area (Å²) in [5.74, 6) is 1.14. The third kappa shape index (κ3) is 6.08. The number of nitrogens with zero attached hydrogens (tertiary/aromatic N) is 4. The van der Waals surface area contributed by atoms with Gasteiger partial charge in [-0.1, -0.05) is 39.7 Å². The lowest BCUT2D eigenvalue weighted by Crippen LogP contribution is -2.33. The molecule has 0 radical (unpaired) electrons. The van der Waals surface area contributed by atoms with E-state index in [1.807, 2.05) is 29.8 Å². The lowest BCUT2D eigenvalue weighted by molar-refractivity contribution is -0.0489. The Hall–Kier alpha value is -2.82. The summed E-state index contributed by atoms with van der Waals surface area (Å²) in [4.78, 5) is 11.6. The Labute approximate surface area is 231 Å². The van der Waals surface area contributed by atoms with Crippen molar-refractivity contribution in [3.05, 3.63) is 80.9 Å². The van der Waals surface area contributed by atoms with Crippen molar-refractivity contribution in [2.45, 2.75) is 38.5 Å². The molecule has 0 saturated carbocycles. The minimum absolute atomic E-state index is 0.0527. The third-order valence-electron chi connectivity index (χ3n) is 6.73. The van der Waals surface area contributed by atoms with Gasteiger partial charge in [0.2, 0.25) is 5.88 Å². The second-order valence-corrected chi connectivity index (χ2v) is 10.6. The highest BCUT2D eigenvalue weighted by atomic mass is 79.9. The number of fused-ring (bicyclic) bond motifs is 1. The fraction of sp³-hybridized carbons (Fsp3) is 0.333. The molecule has 1 aliphatic rings. The Balaban J connectivity index is 1.21. The highest BCUT2D eigenvalue weighted by Crippen LogP contribution is 2.33. The lowest BCUT2D eigenvalue weighted by Gasteiger charge is -2.31. The third-order valence-corrected chi connectivity index (χ3v) is 7.42. The monoisotopic (exact) mass is 608 g/mol. The largest absolute Gasteiger partial charge is 0.473 e. The number of hydrogen-bond donors (Lipinski definition) is 0. The minimum Gasteiger partial charge on any atom is -0.473 e. The summed E-state index contributed by atoms with van der Waals surface area (Å²) >= 11 is 9.18. The van der Waals surface area contributed by atoms with E-state index in [1.54, 1.807) is 18.2 Å². The number of halogens is 5. The summed E-state index contributed by atoms with van der Waals surface area (Å²) < 4.78 is 52.9. The molecule has 1 fully saturated rings. The Morgan fingerprint density at radius 1 is 1.11 bits per heavy atom. The molecule has 0 N–H and O–H groups in total. The van der Waals surface area contributed by atoms with Gasteiger partial charge >= 0.3 is 6.61 Å². The first-order valence-electron chi connectivity index (χ1n) is 12.1. The maximum atomic E-state index is 14.1. The van der Waals surface area contributed by atoms with Crippen LogP contribution in [0.2, 0.25) is 5.02 Å². The van der Waals surface area contributed by atoms with Crippen LogP contribution in [-0.4, -0.2) is 39.1 Å². The van der Waals surface area contributed by atoms with Crippen LogP contribution in [0.5, 0.6) is 11.6 Å². The molecular weight excluding hydrogens is 585 g/mol. The highest BCUT2D eigenvalue weighted by Gasteiger charge is 2.24. The van der Waals surface area contributed by atoms with E-state index >= 15 is 0 Å². The van der Waals surface area contributed by atoms with Crippen molar-refractivity contribution < 1.29 is 22.6 Å². The van der Waals surface area contributed by atoms with Crippen molar-refractivity contribution in [1.29, 1.82) is 0 Å². The molecule has 0 bridgehead atoms. The molecule has 6 nitrogen and oxygen atoms in total. The topological polar surface area (TPSA) is 52.4 Å². The van der Waals surface area contributed by atoms with Crippen molar-refractivity contribution in [1.82, 2.24) is 19.4 Å². The van der Waals surface area contributed by atoms with Crippen LogP contribution in [0.15, 0.2) is 53.0 Å². The van der Waals surface area contributed by atoms with E-state index in [2.05, 4.69) is 30.8 Å². The summed E-state index contributed by atoms with van der Waals surface area (Å²) in [6, 6.07) is 13.5. The number of rotatable bonds is 8. The fourth-order valence-electron chi connectivity index (χ4n) is 4.71. The van der Waals surface area contributed by atoms with E-state index < -0.39 is 12.4 Å². The number of pyridine rings is 1. The van der Waals surface area contributed by atoms with Gasteiger partial charge in [-0.3, -0.25) is 4.90 Å². The van der Waals surface area contributed by atoms with Gasteiger partial charge in [0.05, 0.1) is 12.1 Å². The molecule has 0 amide bonds. The summed E-state index contributed by atoms with van der Waals surface area (Å²) in [5.41, 5.74) is 2.50. The first-order valence-corrected chi connectivity index (χ1v) is 13.3. The zero-order valence-corrected chi connectivity index (χ0v) is 22.9. The normalized spacial score (nSPS) is 14.9. The molecule has 0 spiro atoms. The van der Waals surface area contributed by atoms with E-state index in [9.17, 15) is 13.2 Å². The second kappa shape index (κ2) is 11.5. The standard InChI is InChI=1S/C27H25BrClF3N4O2/c1-35-22-11-18(28)12-23(38-27(31)32)26(22)34-24(35)14-36-9-7-16(8-10-36)21-3-2-4-25(33-21)37-15-17-5-6-19(29)13-20(17)30/h2-6,11-13,16,27H,7-10,14-15H2,1H3. The number of hydrogen-bond acceptors (Lipinski definition) is 5. The average Bonchev–Trinajstić information content (AvgIpc) is 3.19. The first-order chi connectivity index (χ1) is 18.3. The summed E-state index contributed by atoms with van der Waals surface area (Å²) in [7, 11) is 1.88. The molecule has 0 atom stereocenters. The Morgan fingerprint density at radius 2 is 1.89 bits per heavy atom. The quantitative estimate of drug-likeness (QED) is 0.214. The number of alkyl halides is 2. The van der Waals surface area contributed by atoms with Crippen LogP contribution < -0.4 is 9.47 Å². The van der Waals surface area contributed by atoms with Crippen molar-refractivity contribution in [3.63, 3.8) is 0 Å². The van der Waals surface area contributed by atoms with Gasteiger partial charge in [-0.25, -0.2) is 14.4 Å². The van der Waals surface area contributed by atoms with Gasteiger partial charge in [-0.15, -0.1) is 0 Å². The van der Waals surface area contributed by atoms with Gasteiger partial charge in [-0.2, -0.15) is 8.78 Å². The van der Waals surface area contributed by atoms with Gasteiger partial charge in [-0.05, 0) is 56.3 Å². The lowest BCUT2D eigenvalue weighted by atomic mass is 9.93. The fourth-order valence-corrected chi connectivity index (χ4v) is 5.30. The van der Waals surface area contributed by atoms with Crippen LogP contribution in [0.25, 0.3) is 11.0 Å². The molecular formula is C27H25BrClF3N4O2. The van der Waals surface area contributed by atoms with E-state index in [4.69, 9.17) is 21.1 Å². The number of likely N-dealkylation sites (tertiary alicyclic amines) is 1. The van der Waals surface area contributed by atoms with Crippen molar-refractivity contribution in [2.24, 2.45) is 7.05 Å². The first kappa shape index (κ1) is 26.8. The molecule has 200 valence electrons. The van der Waals surface area contributed by atoms with Crippen molar-refractivity contribution in [3.8, 4) is 11.6 Å². The minimum atomic E-state index is -2.92. The molecule has 1 saturated heterocycles. The molecule has 11 heteroatoms. The van der Waals surface area contributed by atoms with Gasteiger partial charge in [0, 0.05) is 39.8 Å². The Kier molecular flexibility index (Phi) is 8.11. The van der Waals surface area contributed by atoms with E-state index in [0.717, 1.165) is 43.0 Å². The highest BCUT2D eigenvalue weighted by molar-refractivity contribution is 9.10. The number of piperidine rings is 1. The maximum absolute atomic E-state index is 14.1. The number of aromatic nitrogens is 3. The molecule has 4 aromatic rings. The van der Waals surface area contributed by atoms with Crippen LogP contribution in [0.3, 0.4) is 0 Å². The molecule has 0 aliphatic carbocycles. The molecule has 2 aromatic heterocycles. The van der Waals surface area contributed by atoms with E-state index in [0.29, 0.717) is 33.0 Å². The van der Waals surface area contributed by atoms with E-state index in [-0.39, 0.29) is 18.3 Å². The van der Waals surface area contributed by atoms with Crippen molar-refractivity contribution >= 4 is 38.6 Å². The van der Waals surface area contributed by atoms with Gasteiger partial charge in [0.1, 0.15) is 23.8 Å². The van der Waals surface area contributed by atoms with Gasteiger partial charge < -0.3 is 14.0 Å². The molecule has 5 rings (SSSR count). The SMILES string of the molecule is Cn1c(CN2CCC(c3cccc(OCc4ccc(Cl)cc4F)n3)CC2)nc2c(OC(F)F)cc(Br)cc21. The molecule has 3 heterocycles. The van der Waals surface area contributed by atoms with Crippen LogP contribution in [-0.2, 0) is 20.2 Å². The number of aryl methyl sites for hydroxylation is 1. The predicted molar refractivity (Wildman–Crippen MR) is 142 cm³/mol. The molecule has 2 aromatic carbocycles. The Morgan fingerprint density at radius 3 is 2.63 bits per heavy atom. The maximum Gasteiger partial charge on any atom is 0.387 e. The van der Waals surface area contributed by atoms with Crippen LogP contribution in [0.1, 0.15) is 35.8 Å². The smallest absolute Gasteiger partial charge is 0.387 e. The average molecular weight is 610 g/mol. The predicted octanol–water partition coefficient (Wildman–Crippen LogP) is 7.08. The summed E-state index contributed by atoms with van der Waals surface area (Å²) in [6.45, 7) is -0.599.